The fourth-order valence-electron chi connectivity index (χ4n) is 2.05. The molecule has 0 aliphatic heterocycles. The third-order valence-electron chi connectivity index (χ3n) is 3.36. The fourth-order valence-corrected chi connectivity index (χ4v) is 2.24. The second kappa shape index (κ2) is 10.2. The van der Waals surface area contributed by atoms with Crippen LogP contribution in [0.1, 0.15) is 18.9 Å². The van der Waals surface area contributed by atoms with Gasteiger partial charge in [-0.1, -0.05) is 30.7 Å². The number of ether oxygens (including phenoxy) is 2. The molecule has 8 heteroatoms. The number of amides is 2. The van der Waals surface area contributed by atoms with Gasteiger partial charge in [-0.25, -0.2) is 5.43 Å². The summed E-state index contributed by atoms with van der Waals surface area (Å²) >= 11 is 5.93. The van der Waals surface area contributed by atoms with Crippen LogP contribution in [0.15, 0.2) is 47.6 Å². The molecule has 2 rings (SSSR count). The first kappa shape index (κ1) is 20.3. The Morgan fingerprint density at radius 1 is 1.15 bits per heavy atom. The number of hydrogen-bond acceptors (Lipinski definition) is 5. The summed E-state index contributed by atoms with van der Waals surface area (Å²) < 4.78 is 10.8. The van der Waals surface area contributed by atoms with Gasteiger partial charge in [-0.3, -0.25) is 9.59 Å². The van der Waals surface area contributed by atoms with Crippen LogP contribution in [0.3, 0.4) is 0 Å². The predicted octanol–water partition coefficient (Wildman–Crippen LogP) is 3.23. The highest BCUT2D eigenvalue weighted by Gasteiger charge is 2.14. The molecule has 0 spiro atoms. The number of benzene rings is 2. The van der Waals surface area contributed by atoms with E-state index in [-0.39, 0.29) is 0 Å². The number of carbonyl (C=O) groups excluding carboxylic acids is 2. The molecule has 7 nitrogen and oxygen atoms in total. The van der Waals surface area contributed by atoms with Gasteiger partial charge in [0.05, 0.1) is 30.6 Å². The maximum atomic E-state index is 11.9. The predicted molar refractivity (Wildman–Crippen MR) is 105 cm³/mol. The van der Waals surface area contributed by atoms with Gasteiger partial charge in [0.2, 0.25) is 0 Å². The Labute approximate surface area is 162 Å². The second-order valence-electron chi connectivity index (χ2n) is 5.39. The summed E-state index contributed by atoms with van der Waals surface area (Å²) in [6.45, 7) is 2.60. The van der Waals surface area contributed by atoms with Crippen LogP contribution in [0.5, 0.6) is 11.5 Å². The van der Waals surface area contributed by atoms with Crippen molar-refractivity contribution >= 4 is 35.3 Å². The van der Waals surface area contributed by atoms with Gasteiger partial charge in [-0.2, -0.15) is 5.10 Å². The molecular weight excluding hydrogens is 370 g/mol. The Morgan fingerprint density at radius 2 is 1.93 bits per heavy atom. The van der Waals surface area contributed by atoms with Crippen molar-refractivity contribution in [3.05, 3.63) is 53.1 Å². The van der Waals surface area contributed by atoms with Crippen molar-refractivity contribution in [2.75, 3.05) is 19.0 Å². The van der Waals surface area contributed by atoms with Crippen molar-refractivity contribution in [1.82, 2.24) is 5.43 Å². The lowest BCUT2D eigenvalue weighted by Crippen LogP contribution is -2.32. The Kier molecular flexibility index (Phi) is 7.63. The van der Waals surface area contributed by atoms with Gasteiger partial charge in [-0.15, -0.1) is 0 Å². The highest BCUT2D eigenvalue weighted by atomic mass is 35.5. The fraction of sp³-hybridized carbons (Fsp3) is 0.211. The lowest BCUT2D eigenvalue weighted by Gasteiger charge is -2.10. The standard InChI is InChI=1S/C19H20ClN3O4/c1-3-10-27-16-9-8-13(11-17(16)26-2)12-21-23-19(25)18(24)22-15-7-5-4-6-14(15)20/h4-9,11-12H,3,10H2,1-2H3,(H,22,24)(H,23,25)/b21-12-. The number of para-hydroxylation sites is 1. The number of carbonyl (C=O) groups is 2. The minimum absolute atomic E-state index is 0.333. The summed E-state index contributed by atoms with van der Waals surface area (Å²) in [5.41, 5.74) is 3.17. The van der Waals surface area contributed by atoms with Crippen molar-refractivity contribution < 1.29 is 19.1 Å². The smallest absolute Gasteiger partial charge is 0.329 e. The second-order valence-corrected chi connectivity index (χ2v) is 5.80. The van der Waals surface area contributed by atoms with E-state index in [0.29, 0.717) is 34.4 Å². The summed E-state index contributed by atoms with van der Waals surface area (Å²) in [5, 5.41) is 6.52. The molecule has 2 aromatic rings. The van der Waals surface area contributed by atoms with Gasteiger partial charge >= 0.3 is 11.8 Å². The Balaban J connectivity index is 1.95. The maximum absolute atomic E-state index is 11.9. The monoisotopic (exact) mass is 389 g/mol. The summed E-state index contributed by atoms with van der Waals surface area (Å²) in [6, 6.07) is 11.8. The molecule has 0 aliphatic carbocycles. The molecule has 0 radical (unpaired) electrons. The largest absolute Gasteiger partial charge is 0.493 e. The molecule has 0 unspecified atom stereocenters. The number of methoxy groups -OCH3 is 1. The molecule has 0 atom stereocenters. The topological polar surface area (TPSA) is 89.0 Å². The van der Waals surface area contributed by atoms with Crippen molar-refractivity contribution in [2.24, 2.45) is 5.10 Å². The average molecular weight is 390 g/mol. The van der Waals surface area contributed by atoms with Gasteiger partial charge < -0.3 is 14.8 Å². The Morgan fingerprint density at radius 3 is 2.63 bits per heavy atom. The van der Waals surface area contributed by atoms with Crippen LogP contribution in [0, 0.1) is 0 Å². The van der Waals surface area contributed by atoms with E-state index in [1.807, 2.05) is 6.92 Å². The van der Waals surface area contributed by atoms with Crippen LogP contribution in [0.2, 0.25) is 5.02 Å². The zero-order valence-corrected chi connectivity index (χ0v) is 15.7. The first-order valence-electron chi connectivity index (χ1n) is 8.25. The van der Waals surface area contributed by atoms with Crippen LogP contribution >= 0.6 is 11.6 Å². The number of hydrazone groups is 1. The maximum Gasteiger partial charge on any atom is 0.329 e. The van der Waals surface area contributed by atoms with Gasteiger partial charge in [0.1, 0.15) is 0 Å². The molecular formula is C19H20ClN3O4. The molecule has 27 heavy (non-hydrogen) atoms. The number of rotatable bonds is 7. The van der Waals surface area contributed by atoms with Crippen LogP contribution in [0.25, 0.3) is 0 Å². The first-order chi connectivity index (χ1) is 13.0. The highest BCUT2D eigenvalue weighted by molar-refractivity contribution is 6.41. The van der Waals surface area contributed by atoms with Crippen molar-refractivity contribution in [1.29, 1.82) is 0 Å². The Bertz CT molecular complexity index is 839. The van der Waals surface area contributed by atoms with E-state index in [0.717, 1.165) is 6.42 Å². The molecule has 142 valence electrons. The normalized spacial score (nSPS) is 10.5. The van der Waals surface area contributed by atoms with E-state index in [2.05, 4.69) is 15.8 Å². The van der Waals surface area contributed by atoms with Gasteiger partial charge in [0, 0.05) is 0 Å². The van der Waals surface area contributed by atoms with E-state index < -0.39 is 11.8 Å². The first-order valence-corrected chi connectivity index (χ1v) is 8.62. The molecule has 2 N–H and O–H groups in total. The lowest BCUT2D eigenvalue weighted by atomic mass is 10.2. The van der Waals surface area contributed by atoms with Crippen LogP contribution in [-0.4, -0.2) is 31.7 Å². The SMILES string of the molecule is CCCOc1ccc(/C=N\NC(=O)C(=O)Nc2ccccc2Cl)cc1OC. The van der Waals surface area contributed by atoms with Crippen LogP contribution in [0.4, 0.5) is 5.69 Å². The Hall–Kier alpha value is -3.06. The van der Waals surface area contributed by atoms with Gasteiger partial charge in [0.15, 0.2) is 11.5 Å². The zero-order chi connectivity index (χ0) is 19.6. The van der Waals surface area contributed by atoms with Crippen molar-refractivity contribution in [2.45, 2.75) is 13.3 Å². The highest BCUT2D eigenvalue weighted by Crippen LogP contribution is 2.27. The summed E-state index contributed by atoms with van der Waals surface area (Å²) in [5.74, 6) is -0.614. The number of nitrogens with zero attached hydrogens (tertiary/aromatic N) is 1. The lowest BCUT2D eigenvalue weighted by molar-refractivity contribution is -0.136. The average Bonchev–Trinajstić information content (AvgIpc) is 2.68. The van der Waals surface area contributed by atoms with Crippen molar-refractivity contribution in [3.63, 3.8) is 0 Å². The summed E-state index contributed by atoms with van der Waals surface area (Å²) in [4.78, 5) is 23.7. The zero-order valence-electron chi connectivity index (χ0n) is 15.0. The molecule has 0 aliphatic rings. The van der Waals surface area contributed by atoms with Crippen LogP contribution < -0.4 is 20.2 Å². The van der Waals surface area contributed by atoms with Crippen molar-refractivity contribution in [3.8, 4) is 11.5 Å². The number of nitrogens with one attached hydrogen (secondary N) is 2. The minimum Gasteiger partial charge on any atom is -0.493 e. The number of hydrogen-bond donors (Lipinski definition) is 2. The number of halogens is 1. The molecule has 2 amide bonds. The minimum atomic E-state index is -0.916. The van der Waals surface area contributed by atoms with E-state index in [1.54, 1.807) is 42.5 Å². The molecule has 0 saturated carbocycles. The molecule has 0 heterocycles. The molecule has 0 bridgehead atoms. The molecule has 0 fully saturated rings. The van der Waals surface area contributed by atoms with E-state index in [9.17, 15) is 9.59 Å². The molecule has 0 aromatic heterocycles. The third kappa shape index (κ3) is 6.00. The van der Waals surface area contributed by atoms with E-state index in [4.69, 9.17) is 21.1 Å². The molecule has 2 aromatic carbocycles. The summed E-state index contributed by atoms with van der Waals surface area (Å²) in [7, 11) is 1.54. The van der Waals surface area contributed by atoms with E-state index >= 15 is 0 Å². The summed E-state index contributed by atoms with van der Waals surface area (Å²) in [6.07, 6.45) is 2.28. The quantitative estimate of drug-likeness (QED) is 0.432. The van der Waals surface area contributed by atoms with Crippen LogP contribution in [-0.2, 0) is 9.59 Å². The number of anilines is 1. The third-order valence-corrected chi connectivity index (χ3v) is 3.69. The van der Waals surface area contributed by atoms with Gasteiger partial charge in [0.25, 0.3) is 0 Å². The van der Waals surface area contributed by atoms with Gasteiger partial charge in [-0.05, 0) is 42.3 Å². The molecule has 0 saturated heterocycles. The van der Waals surface area contributed by atoms with E-state index in [1.165, 1.54) is 13.3 Å².